The highest BCUT2D eigenvalue weighted by Gasteiger charge is 2.48. The minimum absolute atomic E-state index is 0.0854. The minimum Gasteiger partial charge on any atom is -0.507 e. The number of hydrogen-bond donors (Lipinski definition) is 1. The molecule has 6 nitrogen and oxygen atoms in total. The van der Waals surface area contributed by atoms with Crippen molar-refractivity contribution in [3.8, 4) is 5.75 Å². The van der Waals surface area contributed by atoms with Crippen LogP contribution in [0.2, 0.25) is 0 Å². The van der Waals surface area contributed by atoms with Crippen LogP contribution in [0.5, 0.6) is 5.75 Å². The summed E-state index contributed by atoms with van der Waals surface area (Å²) in [4.78, 5) is 32.8. The van der Waals surface area contributed by atoms with E-state index >= 15 is 0 Å². The maximum Gasteiger partial charge on any atom is 0.301 e. The van der Waals surface area contributed by atoms with Gasteiger partial charge in [0.05, 0.1) is 28.4 Å². The molecule has 37 heavy (non-hydrogen) atoms. The fraction of sp³-hybridized carbons (Fsp3) is 0.207. The molecule has 0 aliphatic carbocycles. The van der Waals surface area contributed by atoms with Gasteiger partial charge in [0.15, 0.2) is 5.13 Å². The molecule has 0 spiro atoms. The molecule has 1 saturated heterocycles. The third-order valence-electron chi connectivity index (χ3n) is 6.24. The Bertz CT molecular complexity index is 1530. The van der Waals surface area contributed by atoms with Crippen LogP contribution in [0.15, 0.2) is 72.3 Å². The molecule has 1 unspecified atom stereocenters. The normalized spacial score (nSPS) is 17.1. The number of carbonyl (C=O) groups excluding carboxylic acids is 2. The number of aryl methyl sites for hydroxylation is 1. The zero-order chi connectivity index (χ0) is 26.1. The second-order valence-corrected chi connectivity index (χ2v) is 9.93. The predicted octanol–water partition coefficient (Wildman–Crippen LogP) is 6.55. The molecule has 1 fully saturated rings. The van der Waals surface area contributed by atoms with Gasteiger partial charge in [0.2, 0.25) is 0 Å². The first-order chi connectivity index (χ1) is 17.9. The predicted molar refractivity (Wildman–Crippen MR) is 142 cm³/mol. The van der Waals surface area contributed by atoms with E-state index in [2.05, 4.69) is 11.9 Å². The van der Waals surface area contributed by atoms with E-state index in [4.69, 9.17) is 4.74 Å². The number of ketones is 1. The van der Waals surface area contributed by atoms with Gasteiger partial charge in [-0.05, 0) is 73.0 Å². The van der Waals surface area contributed by atoms with Crippen molar-refractivity contribution >= 4 is 44.1 Å². The first-order valence-electron chi connectivity index (χ1n) is 12.0. The molecule has 5 rings (SSSR count). The molecule has 3 aromatic carbocycles. The number of ether oxygens (including phenoxy) is 1. The summed E-state index contributed by atoms with van der Waals surface area (Å²) in [6.45, 7) is 4.58. The van der Waals surface area contributed by atoms with E-state index in [9.17, 15) is 19.1 Å². The molecule has 1 aliphatic heterocycles. The van der Waals surface area contributed by atoms with Crippen LogP contribution in [0.1, 0.15) is 42.5 Å². The lowest BCUT2D eigenvalue weighted by Crippen LogP contribution is -2.29. The number of carbonyl (C=O) groups is 2. The Kier molecular flexibility index (Phi) is 6.76. The van der Waals surface area contributed by atoms with Gasteiger partial charge in [-0.25, -0.2) is 9.37 Å². The van der Waals surface area contributed by atoms with Gasteiger partial charge in [-0.15, -0.1) is 0 Å². The van der Waals surface area contributed by atoms with Crippen LogP contribution in [0, 0.1) is 12.7 Å². The minimum atomic E-state index is -0.943. The van der Waals surface area contributed by atoms with Gasteiger partial charge < -0.3 is 9.84 Å². The molecule has 4 aromatic rings. The standard InChI is InChI=1S/C29H25FN2O4S/c1-3-4-14-36-21-7-5-6-19(16-21)25-24(26(33)18-9-11-20(30)12-10-18)27(34)28(35)32(25)29-31-22-13-8-17(2)15-23(22)37-29/h5-13,15-16,25,33H,3-4,14H2,1-2H3/b26-24+. The summed E-state index contributed by atoms with van der Waals surface area (Å²) in [5.41, 5.74) is 2.50. The summed E-state index contributed by atoms with van der Waals surface area (Å²) in [6.07, 6.45) is 1.87. The van der Waals surface area contributed by atoms with Crippen LogP contribution in [0.25, 0.3) is 16.0 Å². The molecule has 0 bridgehead atoms. The number of benzene rings is 3. The number of anilines is 1. The van der Waals surface area contributed by atoms with E-state index in [-0.39, 0.29) is 16.9 Å². The Hall–Kier alpha value is -4.04. The highest BCUT2D eigenvalue weighted by molar-refractivity contribution is 7.22. The molecule has 1 N–H and O–H groups in total. The molecule has 188 valence electrons. The highest BCUT2D eigenvalue weighted by Crippen LogP contribution is 2.45. The lowest BCUT2D eigenvalue weighted by Gasteiger charge is -2.23. The Balaban J connectivity index is 1.67. The number of halogens is 1. The highest BCUT2D eigenvalue weighted by atomic mass is 32.1. The summed E-state index contributed by atoms with van der Waals surface area (Å²) in [6, 6.07) is 17.1. The first-order valence-corrected chi connectivity index (χ1v) is 12.9. The van der Waals surface area contributed by atoms with Gasteiger partial charge >= 0.3 is 5.91 Å². The fourth-order valence-electron chi connectivity index (χ4n) is 4.34. The van der Waals surface area contributed by atoms with Crippen molar-refractivity contribution in [2.24, 2.45) is 0 Å². The molecule has 8 heteroatoms. The topological polar surface area (TPSA) is 79.7 Å². The van der Waals surface area contributed by atoms with Gasteiger partial charge in [-0.2, -0.15) is 0 Å². The zero-order valence-electron chi connectivity index (χ0n) is 20.4. The monoisotopic (exact) mass is 516 g/mol. The average molecular weight is 517 g/mol. The van der Waals surface area contributed by atoms with Gasteiger partial charge in [-0.1, -0.05) is 42.9 Å². The Labute approximate surface area is 217 Å². The van der Waals surface area contributed by atoms with Gasteiger partial charge in [0.25, 0.3) is 5.78 Å². The largest absolute Gasteiger partial charge is 0.507 e. The maximum atomic E-state index is 13.5. The number of amides is 1. The number of Topliss-reactive ketones (excluding diaryl/α,β-unsaturated/α-hetero) is 1. The fourth-order valence-corrected chi connectivity index (χ4v) is 5.43. The Morgan fingerprint density at radius 1 is 1.11 bits per heavy atom. The lowest BCUT2D eigenvalue weighted by molar-refractivity contribution is -0.132. The first kappa shape index (κ1) is 24.6. The third-order valence-corrected chi connectivity index (χ3v) is 7.26. The molecule has 0 radical (unpaired) electrons. The van der Waals surface area contributed by atoms with E-state index in [1.54, 1.807) is 18.2 Å². The maximum absolute atomic E-state index is 13.5. The molecule has 1 atom stereocenters. The molecule has 2 heterocycles. The number of unbranched alkanes of at least 4 members (excludes halogenated alkanes) is 1. The number of aromatic nitrogens is 1. The van der Waals surface area contributed by atoms with Crippen LogP contribution < -0.4 is 9.64 Å². The Morgan fingerprint density at radius 3 is 2.65 bits per heavy atom. The van der Waals surface area contributed by atoms with Gasteiger partial charge in [0, 0.05) is 5.56 Å². The quantitative estimate of drug-likeness (QED) is 0.130. The van der Waals surface area contributed by atoms with Gasteiger partial charge in [-0.3, -0.25) is 14.5 Å². The number of rotatable bonds is 7. The van der Waals surface area contributed by atoms with Crippen LogP contribution in [0.3, 0.4) is 0 Å². The van der Waals surface area contributed by atoms with Crippen molar-refractivity contribution in [2.45, 2.75) is 32.7 Å². The van der Waals surface area contributed by atoms with Crippen molar-refractivity contribution in [2.75, 3.05) is 11.5 Å². The number of hydrogen-bond acceptors (Lipinski definition) is 6. The summed E-state index contributed by atoms with van der Waals surface area (Å²) >= 11 is 1.30. The van der Waals surface area contributed by atoms with Gasteiger partial charge in [0.1, 0.15) is 17.3 Å². The van der Waals surface area contributed by atoms with Crippen LogP contribution >= 0.6 is 11.3 Å². The van der Waals surface area contributed by atoms with E-state index in [0.29, 0.717) is 28.6 Å². The molecule has 1 aromatic heterocycles. The summed E-state index contributed by atoms with van der Waals surface area (Å²) in [7, 11) is 0. The van der Waals surface area contributed by atoms with Crippen LogP contribution in [0.4, 0.5) is 9.52 Å². The van der Waals surface area contributed by atoms with Crippen molar-refractivity contribution in [1.29, 1.82) is 0 Å². The molecule has 0 saturated carbocycles. The zero-order valence-corrected chi connectivity index (χ0v) is 21.2. The number of aliphatic hydroxyl groups excluding tert-OH is 1. The molecular formula is C29H25FN2O4S. The third kappa shape index (κ3) is 4.72. The van der Waals surface area contributed by atoms with E-state index < -0.39 is 23.5 Å². The SMILES string of the molecule is CCCCOc1cccc(C2/C(=C(\O)c3ccc(F)cc3)C(=O)C(=O)N2c2nc3ccc(C)cc3s2)c1. The molecule has 1 amide bonds. The number of aliphatic hydroxyl groups is 1. The van der Waals surface area contributed by atoms with Crippen molar-refractivity contribution in [3.05, 3.63) is 94.8 Å². The van der Waals surface area contributed by atoms with Crippen molar-refractivity contribution in [3.63, 3.8) is 0 Å². The number of thiazole rings is 1. The van der Waals surface area contributed by atoms with E-state index in [1.165, 1.54) is 40.5 Å². The summed E-state index contributed by atoms with van der Waals surface area (Å²) in [5, 5.41) is 11.6. The molecular weight excluding hydrogens is 491 g/mol. The van der Waals surface area contributed by atoms with E-state index in [0.717, 1.165) is 23.1 Å². The Morgan fingerprint density at radius 2 is 1.89 bits per heavy atom. The smallest absolute Gasteiger partial charge is 0.301 e. The number of fused-ring (bicyclic) bond motifs is 1. The van der Waals surface area contributed by atoms with Crippen molar-refractivity contribution in [1.82, 2.24) is 4.98 Å². The van der Waals surface area contributed by atoms with Crippen LogP contribution in [-0.4, -0.2) is 28.4 Å². The van der Waals surface area contributed by atoms with Crippen LogP contribution in [-0.2, 0) is 9.59 Å². The second kappa shape index (κ2) is 10.1. The average Bonchev–Trinajstić information content (AvgIpc) is 3.42. The lowest BCUT2D eigenvalue weighted by atomic mass is 9.95. The van der Waals surface area contributed by atoms with E-state index in [1.807, 2.05) is 31.2 Å². The summed E-state index contributed by atoms with van der Waals surface area (Å²) < 4.78 is 20.3. The van der Waals surface area contributed by atoms with Crippen molar-refractivity contribution < 1.29 is 23.8 Å². The summed E-state index contributed by atoms with van der Waals surface area (Å²) in [5.74, 6) is -1.88. The second-order valence-electron chi connectivity index (χ2n) is 8.92. The number of nitrogens with zero attached hydrogens (tertiary/aromatic N) is 2. The molecule has 1 aliphatic rings.